The number of aromatic nitrogens is 4. The quantitative estimate of drug-likeness (QED) is 0.117. The van der Waals surface area contributed by atoms with Gasteiger partial charge in [0, 0.05) is 53.3 Å². The second-order valence-corrected chi connectivity index (χ2v) is 17.0. The first-order chi connectivity index (χ1) is 29.4. The lowest BCUT2D eigenvalue weighted by Gasteiger charge is -2.52. The van der Waals surface area contributed by atoms with E-state index in [1.165, 1.54) is 0 Å². The Kier molecular flexibility index (Phi) is 10.5. The largest absolute Gasteiger partial charge is 0.497 e. The topological polar surface area (TPSA) is 135 Å². The molecule has 12 heteroatoms. The molecule has 3 unspecified atom stereocenters. The zero-order valence-electron chi connectivity index (χ0n) is 34.1. The summed E-state index contributed by atoms with van der Waals surface area (Å²) in [5.74, 6) is 3.56. The van der Waals surface area contributed by atoms with Crippen LogP contribution in [0.25, 0.3) is 32.6 Å². The second kappa shape index (κ2) is 16.2. The molecule has 2 N–H and O–H groups in total. The maximum Gasteiger partial charge on any atom is 0.242 e. The number of aliphatic hydroxyl groups excluding tert-OH is 2. The number of nitrogens with zero attached hydrogens (tertiary/aromatic N) is 6. The Morgan fingerprint density at radius 3 is 1.72 bits per heavy atom. The summed E-state index contributed by atoms with van der Waals surface area (Å²) in [6.45, 7) is 7.42. The molecule has 0 aliphatic carbocycles. The molecule has 6 aromatic rings. The van der Waals surface area contributed by atoms with E-state index >= 15 is 0 Å². The fourth-order valence-electron chi connectivity index (χ4n) is 10.9. The molecule has 9 heterocycles. The zero-order chi connectivity index (χ0) is 40.9. The lowest BCUT2D eigenvalue weighted by Crippen LogP contribution is -2.58. The van der Waals surface area contributed by atoms with Crippen LogP contribution in [0.4, 0.5) is 0 Å². The van der Waals surface area contributed by atoms with Gasteiger partial charge in [0.2, 0.25) is 11.8 Å². The summed E-state index contributed by atoms with van der Waals surface area (Å²) in [7, 11) is 3.35. The van der Waals surface area contributed by atoms with Gasteiger partial charge in [0.25, 0.3) is 0 Å². The molecule has 12 rings (SSSR count). The van der Waals surface area contributed by atoms with E-state index in [2.05, 4.69) is 34.6 Å². The van der Waals surface area contributed by atoms with Crippen LogP contribution < -0.4 is 18.9 Å². The zero-order valence-corrected chi connectivity index (χ0v) is 34.1. The average molecular weight is 809 g/mol. The molecule has 4 bridgehead atoms. The Balaban J connectivity index is 1.06. The number of methoxy groups -OCH3 is 2. The Bertz CT molecular complexity index is 2540. The van der Waals surface area contributed by atoms with E-state index in [1.54, 1.807) is 14.2 Å². The summed E-state index contributed by atoms with van der Waals surface area (Å²) in [5.41, 5.74) is 3.72. The molecule has 12 nitrogen and oxygen atoms in total. The lowest BCUT2D eigenvalue weighted by molar-refractivity contribution is -0.0930. The highest BCUT2D eigenvalue weighted by Crippen LogP contribution is 2.47. The molecule has 0 radical (unpaired) electrons. The number of ether oxygens (including phenoxy) is 4. The molecule has 0 saturated carbocycles. The van der Waals surface area contributed by atoms with E-state index in [-0.39, 0.29) is 36.6 Å². The number of benzene rings is 3. The lowest BCUT2D eigenvalue weighted by atomic mass is 9.71. The molecule has 6 aliphatic rings. The summed E-state index contributed by atoms with van der Waals surface area (Å²) in [6.07, 6.45) is 8.10. The van der Waals surface area contributed by atoms with Crippen LogP contribution in [0, 0.1) is 23.7 Å². The molecule has 6 fully saturated rings. The Labute approximate surface area is 349 Å². The van der Waals surface area contributed by atoms with E-state index in [0.717, 1.165) is 101 Å². The van der Waals surface area contributed by atoms with Crippen LogP contribution >= 0.6 is 0 Å². The third-order valence-electron chi connectivity index (χ3n) is 14.1. The Hall–Kier alpha value is -5.40. The minimum absolute atomic E-state index is 0.00288. The van der Waals surface area contributed by atoms with Crippen molar-refractivity contribution < 1.29 is 29.2 Å². The number of pyridine rings is 2. The van der Waals surface area contributed by atoms with Crippen LogP contribution in [-0.2, 0) is 0 Å². The molecule has 3 aromatic heterocycles. The van der Waals surface area contributed by atoms with Gasteiger partial charge in [-0.25, -0.2) is 0 Å². The molecular formula is C48H52N6O6. The maximum absolute atomic E-state index is 10.8. The Morgan fingerprint density at radius 2 is 1.25 bits per heavy atom. The van der Waals surface area contributed by atoms with Crippen molar-refractivity contribution in [1.82, 2.24) is 30.0 Å². The van der Waals surface area contributed by atoms with Gasteiger partial charge in [0.1, 0.15) is 23.7 Å². The van der Waals surface area contributed by atoms with E-state index in [0.29, 0.717) is 30.1 Å². The van der Waals surface area contributed by atoms with E-state index in [9.17, 15) is 10.2 Å². The second-order valence-electron chi connectivity index (χ2n) is 17.0. The molecule has 0 amide bonds. The monoisotopic (exact) mass is 808 g/mol. The number of hydrogen-bond donors (Lipinski definition) is 2. The van der Waals surface area contributed by atoms with Crippen LogP contribution in [0.1, 0.15) is 49.0 Å². The van der Waals surface area contributed by atoms with Gasteiger partial charge in [-0.2, -0.15) is 0 Å². The highest BCUT2D eigenvalue weighted by Gasteiger charge is 2.47. The van der Waals surface area contributed by atoms with Crippen molar-refractivity contribution in [2.75, 3.05) is 47.0 Å². The minimum Gasteiger partial charge on any atom is -0.497 e. The van der Waals surface area contributed by atoms with Crippen molar-refractivity contribution >= 4 is 32.6 Å². The van der Waals surface area contributed by atoms with Crippen LogP contribution in [0.5, 0.6) is 23.3 Å². The summed E-state index contributed by atoms with van der Waals surface area (Å²) in [6, 6.07) is 24.1. The third-order valence-corrected chi connectivity index (χ3v) is 14.1. The number of hydrogen-bond acceptors (Lipinski definition) is 12. The molecule has 0 spiro atoms. The van der Waals surface area contributed by atoms with Gasteiger partial charge in [-0.3, -0.25) is 19.8 Å². The standard InChI is InChI=1S/C48H52N6O6/c1-4-28-25-53-19-15-29(28)21-42(53)45(33-13-17-49-40-11-9-31(57-2)23-37(33)40)59-47-35-7-5-6-8-36(35)48(52-51-47)60-46(34-14-18-50-41-12-10-32(58-3)24-38(34)41)43-22-30-16-20-54(43)26-39(30)44(56)27-55/h4-14,17-18,23-24,28-30,39,42-46,55-56H,1,15-16,19-22,25-27H2,2-3H3/t28-,29-,30-,39-,42+,43+,44?,45+,46+/m0/s1. The third kappa shape index (κ3) is 6.89. The van der Waals surface area contributed by atoms with E-state index in [1.807, 2.05) is 73.1 Å². The van der Waals surface area contributed by atoms with Gasteiger partial charge in [-0.1, -0.05) is 18.2 Å². The highest BCUT2D eigenvalue weighted by atomic mass is 16.5. The molecule has 310 valence electrons. The number of piperidine rings is 6. The first-order valence-corrected chi connectivity index (χ1v) is 21.3. The van der Waals surface area contributed by atoms with Crippen molar-refractivity contribution in [2.45, 2.75) is 56.1 Å². The first-order valence-electron chi connectivity index (χ1n) is 21.3. The molecule has 6 aliphatic heterocycles. The van der Waals surface area contributed by atoms with Crippen molar-refractivity contribution in [3.8, 4) is 23.3 Å². The summed E-state index contributed by atoms with van der Waals surface area (Å²) in [5, 5.41) is 34.0. The summed E-state index contributed by atoms with van der Waals surface area (Å²) in [4.78, 5) is 14.4. The van der Waals surface area contributed by atoms with Crippen molar-refractivity contribution in [3.05, 3.63) is 109 Å². The fourth-order valence-corrected chi connectivity index (χ4v) is 10.9. The summed E-state index contributed by atoms with van der Waals surface area (Å²) >= 11 is 0. The predicted octanol–water partition coefficient (Wildman–Crippen LogP) is 6.94. The minimum atomic E-state index is -0.758. The van der Waals surface area contributed by atoms with Gasteiger partial charge in [0.15, 0.2) is 0 Å². The smallest absolute Gasteiger partial charge is 0.242 e. The first kappa shape index (κ1) is 38.8. The van der Waals surface area contributed by atoms with Crippen LogP contribution in [-0.4, -0.2) is 105 Å². The van der Waals surface area contributed by atoms with Crippen LogP contribution in [0.2, 0.25) is 0 Å². The SMILES string of the molecule is C=C[C@H]1CN2CC[C@H]1C[C@@H]2[C@H](Oc1nnc(O[C@H](c2ccnc3ccc(OC)cc23)[C@H]2C[C@@H]3CCN2C[C@@H]3C(O)CO)c2ccccc12)c1ccnc2ccc(OC)cc12. The molecular weight excluding hydrogens is 757 g/mol. The fraction of sp³-hybridized carbons (Fsp3) is 0.417. The van der Waals surface area contributed by atoms with Crippen molar-refractivity contribution in [3.63, 3.8) is 0 Å². The molecule has 60 heavy (non-hydrogen) atoms. The van der Waals surface area contributed by atoms with Gasteiger partial charge in [-0.15, -0.1) is 16.8 Å². The maximum atomic E-state index is 10.8. The normalized spacial score (nSPS) is 27.4. The molecule has 6 saturated heterocycles. The van der Waals surface area contributed by atoms with E-state index < -0.39 is 12.2 Å². The number of rotatable bonds is 13. The van der Waals surface area contributed by atoms with Gasteiger partial charge >= 0.3 is 0 Å². The van der Waals surface area contributed by atoms with Crippen molar-refractivity contribution in [1.29, 1.82) is 0 Å². The van der Waals surface area contributed by atoms with Gasteiger partial charge < -0.3 is 29.2 Å². The Morgan fingerprint density at radius 1 is 0.717 bits per heavy atom. The number of aliphatic hydroxyl groups is 2. The van der Waals surface area contributed by atoms with Crippen LogP contribution in [0.3, 0.4) is 0 Å². The van der Waals surface area contributed by atoms with Crippen LogP contribution in [0.15, 0.2) is 97.8 Å². The average Bonchev–Trinajstić information content (AvgIpc) is 3.32. The predicted molar refractivity (Wildman–Crippen MR) is 229 cm³/mol. The van der Waals surface area contributed by atoms with Gasteiger partial charge in [0.05, 0.1) is 60.8 Å². The molecule has 11 atom stereocenters. The van der Waals surface area contributed by atoms with E-state index in [4.69, 9.17) is 39.1 Å². The highest BCUT2D eigenvalue weighted by molar-refractivity contribution is 5.91. The molecule has 3 aromatic carbocycles. The van der Waals surface area contributed by atoms with Gasteiger partial charge in [-0.05, 0) is 117 Å². The van der Waals surface area contributed by atoms with Crippen molar-refractivity contribution in [2.24, 2.45) is 23.7 Å². The summed E-state index contributed by atoms with van der Waals surface area (Å²) < 4.78 is 25.8. The number of fused-ring (bicyclic) bond motifs is 9.